The third-order valence-corrected chi connectivity index (χ3v) is 3.40. The number of hydrogen-bond acceptors (Lipinski definition) is 4. The van der Waals surface area contributed by atoms with Gasteiger partial charge in [0.1, 0.15) is 5.75 Å². The van der Waals surface area contributed by atoms with E-state index >= 15 is 0 Å². The van der Waals surface area contributed by atoms with Crippen LogP contribution in [-0.2, 0) is 4.79 Å². The Hall–Kier alpha value is -2.11. The summed E-state index contributed by atoms with van der Waals surface area (Å²) in [4.78, 5) is 26.9. The number of aliphatic carboxylic acids is 1. The second kappa shape index (κ2) is 5.69. The number of nitrogens with one attached hydrogen (secondary N) is 1. The van der Waals surface area contributed by atoms with Gasteiger partial charge >= 0.3 is 5.97 Å². The van der Waals surface area contributed by atoms with Crippen LogP contribution >= 0.6 is 0 Å². The van der Waals surface area contributed by atoms with E-state index in [1.807, 2.05) is 0 Å². The molecule has 6 heteroatoms. The maximum absolute atomic E-state index is 12.0. The van der Waals surface area contributed by atoms with Crippen LogP contribution in [0.2, 0.25) is 0 Å². The van der Waals surface area contributed by atoms with Crippen LogP contribution in [0, 0.1) is 5.92 Å². The predicted molar refractivity (Wildman–Crippen MR) is 66.7 cm³/mol. The molecule has 1 aromatic heterocycles. The number of aromatic hydroxyl groups is 1. The van der Waals surface area contributed by atoms with Crippen LogP contribution in [-0.4, -0.2) is 33.1 Å². The molecule has 0 spiro atoms. The normalized spacial score (nSPS) is 22.7. The van der Waals surface area contributed by atoms with E-state index in [2.05, 4.69) is 10.3 Å². The molecule has 19 heavy (non-hydrogen) atoms. The molecule has 6 nitrogen and oxygen atoms in total. The number of aromatic nitrogens is 1. The predicted octanol–water partition coefficient (Wildman–Crippen LogP) is 1.16. The van der Waals surface area contributed by atoms with Crippen molar-refractivity contribution in [1.29, 1.82) is 0 Å². The summed E-state index contributed by atoms with van der Waals surface area (Å²) >= 11 is 0. The van der Waals surface area contributed by atoms with Crippen LogP contribution in [0.15, 0.2) is 18.3 Å². The first-order chi connectivity index (χ1) is 9.09. The molecule has 2 rings (SSSR count). The van der Waals surface area contributed by atoms with Crippen molar-refractivity contribution in [2.75, 3.05) is 0 Å². The van der Waals surface area contributed by atoms with Crippen molar-refractivity contribution in [3.63, 3.8) is 0 Å². The third kappa shape index (κ3) is 3.01. The quantitative estimate of drug-likeness (QED) is 0.760. The van der Waals surface area contributed by atoms with E-state index in [4.69, 9.17) is 5.11 Å². The molecule has 3 N–H and O–H groups in total. The van der Waals surface area contributed by atoms with Gasteiger partial charge in [0.15, 0.2) is 5.69 Å². The Morgan fingerprint density at radius 2 is 2.05 bits per heavy atom. The molecule has 1 heterocycles. The van der Waals surface area contributed by atoms with E-state index < -0.39 is 23.8 Å². The largest absolute Gasteiger partial charge is 0.505 e. The minimum atomic E-state index is -0.893. The SMILES string of the molecule is O=C(NC1CCCCC1C(=O)O)c1ncccc1O. The Balaban J connectivity index is 2.09. The number of nitrogens with zero attached hydrogens (tertiary/aromatic N) is 1. The van der Waals surface area contributed by atoms with Gasteiger partial charge in [-0.15, -0.1) is 0 Å². The van der Waals surface area contributed by atoms with E-state index in [9.17, 15) is 14.7 Å². The monoisotopic (exact) mass is 264 g/mol. The second-order valence-electron chi connectivity index (χ2n) is 4.68. The average Bonchev–Trinajstić information content (AvgIpc) is 2.39. The zero-order chi connectivity index (χ0) is 13.8. The van der Waals surface area contributed by atoms with Gasteiger partial charge in [0.05, 0.1) is 5.92 Å². The molecule has 102 valence electrons. The number of carboxylic acids is 1. The van der Waals surface area contributed by atoms with E-state index in [1.165, 1.54) is 18.3 Å². The average molecular weight is 264 g/mol. The molecule has 1 saturated carbocycles. The highest BCUT2D eigenvalue weighted by molar-refractivity contribution is 5.95. The minimum absolute atomic E-state index is 0.0720. The van der Waals surface area contributed by atoms with Gasteiger partial charge < -0.3 is 15.5 Å². The van der Waals surface area contributed by atoms with Gasteiger partial charge in [-0.2, -0.15) is 0 Å². The molecule has 1 fully saturated rings. The number of hydrogen-bond donors (Lipinski definition) is 3. The molecule has 1 amide bonds. The van der Waals surface area contributed by atoms with Crippen molar-refractivity contribution in [1.82, 2.24) is 10.3 Å². The van der Waals surface area contributed by atoms with Crippen LogP contribution in [0.4, 0.5) is 0 Å². The van der Waals surface area contributed by atoms with Crippen LogP contribution in [0.1, 0.15) is 36.2 Å². The van der Waals surface area contributed by atoms with Gasteiger partial charge in [-0.3, -0.25) is 9.59 Å². The number of pyridine rings is 1. The highest BCUT2D eigenvalue weighted by Gasteiger charge is 2.32. The molecule has 2 unspecified atom stereocenters. The molecule has 0 aliphatic heterocycles. The maximum atomic E-state index is 12.0. The molecule has 2 atom stereocenters. The lowest BCUT2D eigenvalue weighted by atomic mass is 9.84. The Bertz CT molecular complexity index is 489. The van der Waals surface area contributed by atoms with Gasteiger partial charge in [-0.1, -0.05) is 12.8 Å². The Kier molecular flexibility index (Phi) is 3.99. The summed E-state index contributed by atoms with van der Waals surface area (Å²) in [6.07, 6.45) is 4.36. The molecule has 0 saturated heterocycles. The van der Waals surface area contributed by atoms with Gasteiger partial charge in [0.25, 0.3) is 5.91 Å². The van der Waals surface area contributed by atoms with Crippen molar-refractivity contribution >= 4 is 11.9 Å². The minimum Gasteiger partial charge on any atom is -0.505 e. The lowest BCUT2D eigenvalue weighted by molar-refractivity contribution is -0.143. The fraction of sp³-hybridized carbons (Fsp3) is 0.462. The van der Waals surface area contributed by atoms with Crippen molar-refractivity contribution in [2.24, 2.45) is 5.92 Å². The van der Waals surface area contributed by atoms with E-state index in [0.29, 0.717) is 12.8 Å². The molecular formula is C13H16N2O4. The number of amides is 1. The number of rotatable bonds is 3. The first-order valence-corrected chi connectivity index (χ1v) is 6.27. The van der Waals surface area contributed by atoms with Crippen molar-refractivity contribution in [2.45, 2.75) is 31.7 Å². The van der Waals surface area contributed by atoms with Crippen LogP contribution < -0.4 is 5.32 Å². The smallest absolute Gasteiger partial charge is 0.308 e. The lowest BCUT2D eigenvalue weighted by Crippen LogP contribution is -2.45. The summed E-state index contributed by atoms with van der Waals surface area (Å²) in [5, 5.41) is 21.3. The van der Waals surface area contributed by atoms with E-state index in [1.54, 1.807) is 0 Å². The standard InChI is InChI=1S/C13H16N2O4/c16-10-6-3-7-14-11(10)12(17)15-9-5-2-1-4-8(9)13(18)19/h3,6-9,16H,1-2,4-5H2,(H,15,17)(H,18,19). The van der Waals surface area contributed by atoms with E-state index in [-0.39, 0.29) is 11.4 Å². The van der Waals surface area contributed by atoms with Gasteiger partial charge in [0, 0.05) is 12.2 Å². The molecule has 1 aliphatic carbocycles. The number of carbonyl (C=O) groups excluding carboxylic acids is 1. The Morgan fingerprint density at radius 1 is 1.32 bits per heavy atom. The summed E-state index contributed by atoms with van der Waals surface area (Å²) in [6, 6.07) is 2.49. The molecular weight excluding hydrogens is 248 g/mol. The molecule has 1 aromatic rings. The topological polar surface area (TPSA) is 99.5 Å². The van der Waals surface area contributed by atoms with Gasteiger partial charge in [-0.05, 0) is 25.0 Å². The fourth-order valence-corrected chi connectivity index (χ4v) is 2.41. The molecule has 1 aliphatic rings. The van der Waals surface area contributed by atoms with Crippen molar-refractivity contribution < 1.29 is 19.8 Å². The highest BCUT2D eigenvalue weighted by atomic mass is 16.4. The molecule has 0 aromatic carbocycles. The number of carboxylic acid groups (broad SMARTS) is 1. The van der Waals surface area contributed by atoms with Crippen molar-refractivity contribution in [3.8, 4) is 5.75 Å². The van der Waals surface area contributed by atoms with Crippen LogP contribution in [0.25, 0.3) is 0 Å². The summed E-state index contributed by atoms with van der Waals surface area (Å²) in [6.45, 7) is 0. The zero-order valence-corrected chi connectivity index (χ0v) is 10.4. The summed E-state index contributed by atoms with van der Waals surface area (Å²) in [5.74, 6) is -2.20. The van der Waals surface area contributed by atoms with Crippen molar-refractivity contribution in [3.05, 3.63) is 24.0 Å². The third-order valence-electron chi connectivity index (χ3n) is 3.40. The second-order valence-corrected chi connectivity index (χ2v) is 4.68. The summed E-state index contributed by atoms with van der Waals surface area (Å²) < 4.78 is 0. The fourth-order valence-electron chi connectivity index (χ4n) is 2.41. The van der Waals surface area contributed by atoms with Gasteiger partial charge in [0.2, 0.25) is 0 Å². The lowest BCUT2D eigenvalue weighted by Gasteiger charge is -2.29. The maximum Gasteiger partial charge on any atom is 0.308 e. The number of carbonyl (C=O) groups is 2. The highest BCUT2D eigenvalue weighted by Crippen LogP contribution is 2.25. The first kappa shape index (κ1) is 13.3. The van der Waals surface area contributed by atoms with Gasteiger partial charge in [-0.25, -0.2) is 4.98 Å². The first-order valence-electron chi connectivity index (χ1n) is 6.27. The summed E-state index contributed by atoms with van der Waals surface area (Å²) in [5.41, 5.74) is -0.0720. The zero-order valence-electron chi connectivity index (χ0n) is 10.4. The molecule has 0 bridgehead atoms. The van der Waals surface area contributed by atoms with Crippen LogP contribution in [0.5, 0.6) is 5.75 Å². The Morgan fingerprint density at radius 3 is 2.74 bits per heavy atom. The Labute approximate surface area is 110 Å². The van der Waals surface area contributed by atoms with E-state index in [0.717, 1.165) is 12.8 Å². The summed E-state index contributed by atoms with van der Waals surface area (Å²) in [7, 11) is 0. The molecule has 0 radical (unpaired) electrons. The van der Waals surface area contributed by atoms with Crippen LogP contribution in [0.3, 0.4) is 0 Å².